The van der Waals surface area contributed by atoms with Crippen molar-refractivity contribution in [3.8, 4) is 39.9 Å². The van der Waals surface area contributed by atoms with Crippen LogP contribution in [0.3, 0.4) is 0 Å². The van der Waals surface area contributed by atoms with Gasteiger partial charge >= 0.3 is 0 Å². The van der Waals surface area contributed by atoms with Gasteiger partial charge in [0.2, 0.25) is 0 Å². The van der Waals surface area contributed by atoms with E-state index in [0.29, 0.717) is 105 Å². The number of ether oxygens (including phenoxy) is 1. The highest BCUT2D eigenvalue weighted by atomic mass is 19.1. The Hall–Kier alpha value is -13.6. The molecule has 20 rings (SSSR count). The zero-order valence-electron chi connectivity index (χ0n) is 66.4. The van der Waals surface area contributed by atoms with Crippen molar-refractivity contribution in [2.75, 3.05) is 54.6 Å². The molecule has 0 spiro atoms. The number of benzene rings is 4. The van der Waals surface area contributed by atoms with Gasteiger partial charge in [-0.05, 0) is 182 Å². The highest BCUT2D eigenvalue weighted by Gasteiger charge is 2.52. The molecular formula is C86H88F2N26O5. The minimum atomic E-state index is -0.452. The molecule has 33 heteroatoms. The molecule has 4 saturated carbocycles. The molecule has 0 radical (unpaired) electrons. The molecule has 8 fully saturated rings. The fourth-order valence-corrected chi connectivity index (χ4v) is 18.3. The van der Waals surface area contributed by atoms with Gasteiger partial charge in [-0.15, -0.1) is 0 Å². The number of piperidine rings is 4. The Labute approximate surface area is 684 Å². The minimum absolute atomic E-state index is 0.0149. The molecule has 4 saturated heterocycles. The van der Waals surface area contributed by atoms with Gasteiger partial charge in [0, 0.05) is 92.3 Å². The molecule has 31 nitrogen and oxygen atoms in total. The number of carbonyl (C=O) groups excluding carboxylic acids is 4. The van der Waals surface area contributed by atoms with E-state index < -0.39 is 11.6 Å². The van der Waals surface area contributed by atoms with E-state index in [4.69, 9.17) is 4.74 Å². The molecule has 606 valence electrons. The van der Waals surface area contributed by atoms with E-state index in [-0.39, 0.29) is 72.0 Å². The SMILES string of the molecule is COc1ccc(C(=O)N2CC3CC(Nc4cnc(C)cn4)C2C3)c(-n2nccn2)c1.Cc1cnc(NC2CC3CC2N(C(=O)c2cc(F)ccc2-c2ncccn2)C3)cn1.Cc1cnc(NC2CC3CC2N(C(=O)c2ccc(F)cc2-c2ncccn2)C3)cn1.Cc1cnc(NC2CC3CC2N(C(=O)c2cccc(C)c2-n2nccn2)C3)cn1. The molecule has 119 heavy (non-hydrogen) atoms. The maximum absolute atomic E-state index is 14.1. The van der Waals surface area contributed by atoms with Crippen molar-refractivity contribution >= 4 is 46.9 Å². The number of methoxy groups -OCH3 is 1. The largest absolute Gasteiger partial charge is 0.497 e. The van der Waals surface area contributed by atoms with Gasteiger partial charge in [-0.3, -0.25) is 39.1 Å². The number of fused-ring (bicyclic) bond motifs is 8. The van der Waals surface area contributed by atoms with Crippen molar-refractivity contribution in [2.45, 2.75) is 134 Å². The molecule has 12 heterocycles. The van der Waals surface area contributed by atoms with Crippen LogP contribution in [0.4, 0.5) is 32.1 Å². The molecular weight excluding hydrogens is 1520 g/mol. The van der Waals surface area contributed by atoms with Crippen molar-refractivity contribution in [3.63, 3.8) is 0 Å². The van der Waals surface area contributed by atoms with Crippen LogP contribution < -0.4 is 26.0 Å². The number of carbonyl (C=O) groups is 4. The molecule has 4 amide bonds. The number of halogens is 2. The maximum atomic E-state index is 14.1. The summed E-state index contributed by atoms with van der Waals surface area (Å²) in [6.45, 7) is 12.5. The van der Waals surface area contributed by atoms with Crippen LogP contribution in [0.1, 0.15) is 121 Å². The summed E-state index contributed by atoms with van der Waals surface area (Å²) in [6.07, 6.45) is 34.6. The van der Waals surface area contributed by atoms with E-state index in [9.17, 15) is 28.0 Å². The fraction of sp³-hybridized carbons (Fsp3) is 0.349. The number of likely N-dealkylation sites (tertiary alicyclic amines) is 4. The van der Waals surface area contributed by atoms with Gasteiger partial charge in [-0.2, -0.15) is 30.0 Å². The molecule has 12 aromatic rings. The van der Waals surface area contributed by atoms with E-state index in [0.717, 1.165) is 110 Å². The first-order valence-corrected chi connectivity index (χ1v) is 40.0. The van der Waals surface area contributed by atoms with E-state index in [1.807, 2.05) is 72.4 Å². The van der Waals surface area contributed by atoms with Gasteiger partial charge in [0.15, 0.2) is 11.6 Å². The van der Waals surface area contributed by atoms with Gasteiger partial charge in [-0.25, -0.2) is 48.7 Å². The van der Waals surface area contributed by atoms with Gasteiger partial charge < -0.3 is 45.6 Å². The summed E-state index contributed by atoms with van der Waals surface area (Å²) >= 11 is 0. The van der Waals surface area contributed by atoms with Crippen LogP contribution in [0, 0.1) is 69.9 Å². The Kier molecular flexibility index (Phi) is 22.2. The first-order valence-electron chi connectivity index (χ1n) is 40.0. The number of aromatic nitrogens is 18. The molecule has 4 aliphatic carbocycles. The Morgan fingerprint density at radius 1 is 0.361 bits per heavy atom. The van der Waals surface area contributed by atoms with E-state index in [2.05, 4.69) is 101 Å². The zero-order valence-corrected chi connectivity index (χ0v) is 66.4. The lowest BCUT2D eigenvalue weighted by atomic mass is 10.0. The number of amides is 4. The number of aryl methyl sites for hydroxylation is 5. The summed E-state index contributed by atoms with van der Waals surface area (Å²) in [5, 5.41) is 30.8. The van der Waals surface area contributed by atoms with Crippen LogP contribution >= 0.6 is 0 Å². The highest BCUT2D eigenvalue weighted by Crippen LogP contribution is 2.45. The zero-order chi connectivity index (χ0) is 82.0. The predicted molar refractivity (Wildman–Crippen MR) is 436 cm³/mol. The van der Waals surface area contributed by atoms with Gasteiger partial charge in [0.1, 0.15) is 52.0 Å². The average molecular weight is 1600 g/mol. The number of nitrogens with one attached hydrogen (secondary N) is 4. The average Bonchev–Trinajstić information content (AvgIpc) is 1.64. The van der Waals surface area contributed by atoms with Crippen LogP contribution in [-0.2, 0) is 0 Å². The van der Waals surface area contributed by atoms with Crippen molar-refractivity contribution in [2.24, 2.45) is 23.7 Å². The Bertz CT molecular complexity index is 5610. The van der Waals surface area contributed by atoms with E-state index in [1.165, 1.54) is 39.9 Å². The lowest BCUT2D eigenvalue weighted by Crippen LogP contribution is -2.48. The topological polar surface area (TPSA) is 355 Å². The van der Waals surface area contributed by atoms with Gasteiger partial charge in [-0.1, -0.05) is 12.1 Å². The van der Waals surface area contributed by atoms with Crippen molar-refractivity contribution in [1.29, 1.82) is 0 Å². The van der Waals surface area contributed by atoms with Crippen molar-refractivity contribution in [1.82, 2.24) is 109 Å². The molecule has 4 N–H and O–H groups in total. The molecule has 12 atom stereocenters. The molecule has 8 aliphatic rings. The summed E-state index contributed by atoms with van der Waals surface area (Å²) in [5.41, 5.74) is 8.69. The maximum Gasteiger partial charge on any atom is 0.256 e. The van der Waals surface area contributed by atoms with Gasteiger partial charge in [0.05, 0.1) is 151 Å². The number of para-hydroxylation sites is 1. The van der Waals surface area contributed by atoms with Crippen LogP contribution in [-0.4, -0.2) is 215 Å². The fourth-order valence-electron chi connectivity index (χ4n) is 18.3. The Morgan fingerprint density at radius 3 is 1.15 bits per heavy atom. The van der Waals surface area contributed by atoms with E-state index in [1.54, 1.807) is 143 Å². The summed E-state index contributed by atoms with van der Waals surface area (Å²) in [7, 11) is 1.60. The van der Waals surface area contributed by atoms with Crippen LogP contribution in [0.2, 0.25) is 0 Å². The molecule has 4 aliphatic heterocycles. The summed E-state index contributed by atoms with van der Waals surface area (Å²) in [5.74, 6) is 5.02. The number of anilines is 4. The number of hydrogen-bond donors (Lipinski definition) is 4. The lowest BCUT2D eigenvalue weighted by Gasteiger charge is -2.34. The lowest BCUT2D eigenvalue weighted by molar-refractivity contribution is 0.0684. The second-order valence-corrected chi connectivity index (χ2v) is 31.6. The second-order valence-electron chi connectivity index (χ2n) is 31.6. The van der Waals surface area contributed by atoms with Crippen LogP contribution in [0.25, 0.3) is 34.2 Å². The second kappa shape index (κ2) is 33.9. The Balaban J connectivity index is 0.000000113. The summed E-state index contributed by atoms with van der Waals surface area (Å²) in [6, 6.07) is 23.8. The van der Waals surface area contributed by atoms with Crippen LogP contribution in [0.5, 0.6) is 5.75 Å². The smallest absolute Gasteiger partial charge is 0.256 e. The molecule has 4 aromatic carbocycles. The molecule has 8 bridgehead atoms. The molecule has 8 aromatic heterocycles. The minimum Gasteiger partial charge on any atom is -0.497 e. The van der Waals surface area contributed by atoms with Crippen molar-refractivity contribution < 1.29 is 32.7 Å². The summed E-state index contributed by atoms with van der Waals surface area (Å²) in [4.78, 5) is 116. The van der Waals surface area contributed by atoms with Crippen LogP contribution in [0.15, 0.2) is 184 Å². The Morgan fingerprint density at radius 2 is 0.739 bits per heavy atom. The third kappa shape index (κ3) is 16.8. The third-order valence-corrected chi connectivity index (χ3v) is 23.6. The standard InChI is InChI=1S/2C22H21FN6O.C21H23N7O2.C21H23N7O/c1-13-10-27-20(11-26-13)28-18-7-14-8-19(18)29(12-14)22(30)16-4-3-15(23)9-17(16)21-24-5-2-6-25-21;1-13-10-27-20(11-26-13)28-18-7-14-8-19(18)29(12-14)22(30)17-9-15(23)3-4-16(17)21-24-5-2-6-25-21;1-13-10-23-20(11-22-13)26-17-7-14-8-19(17)27(12-14)21(29)16-4-3-15(30-2)9-18(16)28-24-5-6-25-28;1-13-4-3-5-16(20(13)28-24-6-7-25-28)21(29)27-12-15-8-17(18(27)9-15)26-19-11-22-14(2)10-23-19/h2*2-6,9-11,14,18-19H,7-8,12H2,1H3,(H,27,28);3-6,9-11,14,17,19H,7-8,12H2,1-2H3,(H,23,26);3-7,10-11,15,17-18H,8-9,12H2,1-2H3,(H,23,26). The summed E-state index contributed by atoms with van der Waals surface area (Å²) < 4.78 is 33.3. The quantitative estimate of drug-likeness (QED) is 0.0658. The van der Waals surface area contributed by atoms with Crippen molar-refractivity contribution in [3.05, 3.63) is 246 Å². The monoisotopic (exact) mass is 1600 g/mol. The normalized spacial score (nSPS) is 22.5. The molecule has 12 unspecified atom stereocenters. The predicted octanol–water partition coefficient (Wildman–Crippen LogP) is 10.7. The highest BCUT2D eigenvalue weighted by molar-refractivity contribution is 6.02. The van der Waals surface area contributed by atoms with E-state index >= 15 is 0 Å². The van der Waals surface area contributed by atoms with Gasteiger partial charge in [0.25, 0.3) is 23.6 Å². The number of nitrogens with zero attached hydrogens (tertiary/aromatic N) is 22. The third-order valence-electron chi connectivity index (χ3n) is 23.6. The first kappa shape index (κ1) is 77.9. The number of rotatable bonds is 17. The first-order chi connectivity index (χ1) is 57.9. The number of hydrogen-bond acceptors (Lipinski definition) is 25.